The number of benzene rings is 3. The molecule has 9 heteroatoms. The molecule has 0 aliphatic carbocycles. The molecule has 0 unspecified atom stereocenters. The number of methoxy groups -OCH3 is 1. The second-order valence-electron chi connectivity index (χ2n) is 7.11. The van der Waals surface area contributed by atoms with Gasteiger partial charge in [0.25, 0.3) is 0 Å². The number of amides is 1. The first kappa shape index (κ1) is 24.1. The molecular formula is C23H22Cl2N2O4S. The first-order chi connectivity index (χ1) is 15.2. The number of carbonyl (C=O) groups is 1. The van der Waals surface area contributed by atoms with Crippen molar-refractivity contribution in [3.05, 3.63) is 87.9 Å². The number of nitrogens with zero attached hydrogens (tertiary/aromatic N) is 1. The molecule has 0 radical (unpaired) electrons. The molecule has 1 amide bonds. The maximum absolute atomic E-state index is 13.3. The predicted octanol–water partition coefficient (Wildman–Crippen LogP) is 5.14. The molecule has 0 bridgehead atoms. The van der Waals surface area contributed by atoms with E-state index in [0.717, 1.165) is 15.4 Å². The van der Waals surface area contributed by atoms with Crippen LogP contribution in [-0.4, -0.2) is 32.3 Å². The lowest BCUT2D eigenvalue weighted by atomic mass is 10.1. The smallest absolute Gasteiger partial charge is 0.243 e. The molecule has 1 N–H and O–H groups in total. The van der Waals surface area contributed by atoms with E-state index < -0.39 is 15.9 Å². The van der Waals surface area contributed by atoms with E-state index in [1.807, 2.05) is 31.2 Å². The van der Waals surface area contributed by atoms with Crippen molar-refractivity contribution in [1.82, 2.24) is 4.31 Å². The molecule has 0 saturated carbocycles. The van der Waals surface area contributed by atoms with Crippen molar-refractivity contribution in [3.63, 3.8) is 0 Å². The molecule has 0 saturated heterocycles. The van der Waals surface area contributed by atoms with Crippen molar-refractivity contribution in [2.75, 3.05) is 19.0 Å². The summed E-state index contributed by atoms with van der Waals surface area (Å²) in [6.07, 6.45) is 0. The van der Waals surface area contributed by atoms with E-state index in [0.29, 0.717) is 21.5 Å². The minimum Gasteiger partial charge on any atom is -0.495 e. The van der Waals surface area contributed by atoms with Gasteiger partial charge in [0.1, 0.15) is 5.75 Å². The summed E-state index contributed by atoms with van der Waals surface area (Å²) < 4.78 is 32.8. The fourth-order valence-corrected chi connectivity index (χ4v) is 4.75. The van der Waals surface area contributed by atoms with Gasteiger partial charge in [-0.25, -0.2) is 8.42 Å². The van der Waals surface area contributed by atoms with Gasteiger partial charge in [0.05, 0.1) is 23.6 Å². The lowest BCUT2D eigenvalue weighted by Crippen LogP contribution is -2.37. The monoisotopic (exact) mass is 492 g/mol. The first-order valence-electron chi connectivity index (χ1n) is 9.63. The molecule has 3 aromatic carbocycles. The van der Waals surface area contributed by atoms with Crippen molar-refractivity contribution in [3.8, 4) is 5.75 Å². The van der Waals surface area contributed by atoms with E-state index in [-0.39, 0.29) is 18.0 Å². The van der Waals surface area contributed by atoms with Crippen LogP contribution in [0.1, 0.15) is 11.1 Å². The van der Waals surface area contributed by atoms with Crippen LogP contribution < -0.4 is 10.1 Å². The molecule has 0 heterocycles. The minimum atomic E-state index is -3.96. The standard InChI is InChI=1S/C23H22Cl2N2O4S/c1-16-3-5-17(6-4-16)14-27(32(29,30)20-10-7-18(24)8-11-20)15-23(28)26-19-9-12-22(31-2)21(25)13-19/h3-13H,14-15H2,1-2H3,(H,26,28). The Morgan fingerprint density at radius 2 is 1.66 bits per heavy atom. The Labute approximate surface area is 197 Å². The fraction of sp³-hybridized carbons (Fsp3) is 0.174. The quantitative estimate of drug-likeness (QED) is 0.472. The number of aryl methyl sites for hydroxylation is 1. The van der Waals surface area contributed by atoms with Gasteiger partial charge in [0.15, 0.2) is 0 Å². The predicted molar refractivity (Wildman–Crippen MR) is 127 cm³/mol. The summed E-state index contributed by atoms with van der Waals surface area (Å²) >= 11 is 12.0. The third-order valence-corrected chi connectivity index (χ3v) is 7.04. The van der Waals surface area contributed by atoms with Crippen molar-refractivity contribution in [2.45, 2.75) is 18.4 Å². The van der Waals surface area contributed by atoms with E-state index in [2.05, 4.69) is 5.32 Å². The molecule has 32 heavy (non-hydrogen) atoms. The highest BCUT2D eigenvalue weighted by atomic mass is 35.5. The van der Waals surface area contributed by atoms with Gasteiger partial charge in [-0.15, -0.1) is 0 Å². The molecule has 3 aromatic rings. The molecule has 0 aliphatic heterocycles. The average molecular weight is 493 g/mol. The number of nitrogens with one attached hydrogen (secondary N) is 1. The number of anilines is 1. The van der Waals surface area contributed by atoms with Crippen LogP contribution in [0, 0.1) is 6.92 Å². The molecule has 0 atom stereocenters. The number of carbonyl (C=O) groups excluding carboxylic acids is 1. The average Bonchev–Trinajstić information content (AvgIpc) is 2.75. The Hall–Kier alpha value is -2.58. The number of ether oxygens (including phenoxy) is 1. The first-order valence-corrected chi connectivity index (χ1v) is 11.8. The number of rotatable bonds is 8. The number of hydrogen-bond donors (Lipinski definition) is 1. The van der Waals surface area contributed by atoms with Crippen molar-refractivity contribution in [2.24, 2.45) is 0 Å². The van der Waals surface area contributed by atoms with Gasteiger partial charge in [0, 0.05) is 17.3 Å². The third kappa shape index (κ3) is 6.01. The highest BCUT2D eigenvalue weighted by molar-refractivity contribution is 7.89. The summed E-state index contributed by atoms with van der Waals surface area (Å²) in [5.41, 5.74) is 2.24. The Morgan fingerprint density at radius 3 is 2.25 bits per heavy atom. The van der Waals surface area contributed by atoms with Gasteiger partial charge in [-0.05, 0) is 55.0 Å². The van der Waals surface area contributed by atoms with Gasteiger partial charge >= 0.3 is 0 Å². The van der Waals surface area contributed by atoms with E-state index in [1.165, 1.54) is 37.4 Å². The molecule has 0 fully saturated rings. The van der Waals surface area contributed by atoms with Gasteiger partial charge in [0.2, 0.25) is 15.9 Å². The maximum Gasteiger partial charge on any atom is 0.243 e. The molecule has 0 spiro atoms. The maximum atomic E-state index is 13.3. The molecule has 6 nitrogen and oxygen atoms in total. The molecule has 0 aliphatic rings. The lowest BCUT2D eigenvalue weighted by molar-refractivity contribution is -0.116. The van der Waals surface area contributed by atoms with Crippen LogP contribution in [-0.2, 0) is 21.4 Å². The molecule has 3 rings (SSSR count). The summed E-state index contributed by atoms with van der Waals surface area (Å²) in [6.45, 7) is 1.59. The fourth-order valence-electron chi connectivity index (χ4n) is 2.98. The topological polar surface area (TPSA) is 75.7 Å². The highest BCUT2D eigenvalue weighted by Crippen LogP contribution is 2.27. The van der Waals surface area contributed by atoms with Crippen LogP contribution >= 0.6 is 23.2 Å². The zero-order chi connectivity index (χ0) is 23.3. The second kappa shape index (κ2) is 10.4. The van der Waals surface area contributed by atoms with E-state index in [9.17, 15) is 13.2 Å². The van der Waals surface area contributed by atoms with Crippen molar-refractivity contribution >= 4 is 44.8 Å². The largest absolute Gasteiger partial charge is 0.495 e. The van der Waals surface area contributed by atoms with Gasteiger partial charge in [-0.2, -0.15) is 4.31 Å². The van der Waals surface area contributed by atoms with Crippen molar-refractivity contribution in [1.29, 1.82) is 0 Å². The molecular weight excluding hydrogens is 471 g/mol. The Morgan fingerprint density at radius 1 is 1.00 bits per heavy atom. The van der Waals surface area contributed by atoms with Gasteiger partial charge in [-0.1, -0.05) is 53.0 Å². The third-order valence-electron chi connectivity index (χ3n) is 4.69. The van der Waals surface area contributed by atoms with E-state index >= 15 is 0 Å². The van der Waals surface area contributed by atoms with Crippen LogP contribution in [0.15, 0.2) is 71.6 Å². The van der Waals surface area contributed by atoms with Crippen LogP contribution in [0.2, 0.25) is 10.0 Å². The van der Waals surface area contributed by atoms with Crippen LogP contribution in [0.3, 0.4) is 0 Å². The number of halogens is 2. The zero-order valence-corrected chi connectivity index (χ0v) is 19.8. The molecule has 0 aromatic heterocycles. The Kier molecular flexibility index (Phi) is 7.79. The summed E-state index contributed by atoms with van der Waals surface area (Å²) in [5, 5.41) is 3.43. The van der Waals surface area contributed by atoms with Gasteiger partial charge in [-0.3, -0.25) is 4.79 Å². The van der Waals surface area contributed by atoms with E-state index in [4.69, 9.17) is 27.9 Å². The SMILES string of the molecule is COc1ccc(NC(=O)CN(Cc2ccc(C)cc2)S(=O)(=O)c2ccc(Cl)cc2)cc1Cl. The number of hydrogen-bond acceptors (Lipinski definition) is 4. The Balaban J connectivity index is 1.86. The van der Waals surface area contributed by atoms with Crippen LogP contribution in [0.25, 0.3) is 0 Å². The zero-order valence-electron chi connectivity index (χ0n) is 17.5. The van der Waals surface area contributed by atoms with Crippen LogP contribution in [0.4, 0.5) is 5.69 Å². The Bertz CT molecular complexity index is 1200. The van der Waals surface area contributed by atoms with E-state index in [1.54, 1.807) is 12.1 Å². The minimum absolute atomic E-state index is 0.0298. The highest BCUT2D eigenvalue weighted by Gasteiger charge is 2.27. The normalized spacial score (nSPS) is 11.4. The lowest BCUT2D eigenvalue weighted by Gasteiger charge is -2.22. The second-order valence-corrected chi connectivity index (χ2v) is 9.89. The van der Waals surface area contributed by atoms with Crippen LogP contribution in [0.5, 0.6) is 5.75 Å². The molecule has 168 valence electrons. The summed E-state index contributed by atoms with van der Waals surface area (Å²) in [7, 11) is -2.47. The van der Waals surface area contributed by atoms with Gasteiger partial charge < -0.3 is 10.1 Å². The summed E-state index contributed by atoms with van der Waals surface area (Å²) in [6, 6.07) is 18.1. The van der Waals surface area contributed by atoms with Crippen molar-refractivity contribution < 1.29 is 17.9 Å². The number of sulfonamides is 1. The summed E-state index contributed by atoms with van der Waals surface area (Å²) in [5.74, 6) is -0.0353. The summed E-state index contributed by atoms with van der Waals surface area (Å²) in [4.78, 5) is 12.8.